The molecule has 0 spiro atoms. The van der Waals surface area contributed by atoms with Crippen LogP contribution in [0, 0.1) is 0 Å². The molecular weight excluding hydrogens is 294 g/mol. The molecule has 100 valence electrons. The smallest absolute Gasteiger partial charge is 0.136 e. The van der Waals surface area contributed by atoms with Gasteiger partial charge in [-0.15, -0.1) is 0 Å². The highest BCUT2D eigenvalue weighted by atomic mass is 79.9. The molecule has 0 aliphatic heterocycles. The summed E-state index contributed by atoms with van der Waals surface area (Å²) in [6, 6.07) is 3.95. The number of ether oxygens (including phenoxy) is 2. The number of nitrogens with two attached hydrogens (primary N) is 1. The Morgan fingerprint density at radius 1 is 1.06 bits per heavy atom. The van der Waals surface area contributed by atoms with E-state index in [9.17, 15) is 0 Å². The normalized spacial score (nSPS) is 18.4. The topological polar surface area (TPSA) is 44.5 Å². The average Bonchev–Trinajstić information content (AvgIpc) is 2.39. The summed E-state index contributed by atoms with van der Waals surface area (Å²) in [4.78, 5) is 0. The standard InChI is InChI=1S/C14H20BrNO2/c1-17-12-9-13(18-2)11(15)8-10(12)14(16)6-4-3-5-7-14/h8-9H,3-7,16H2,1-2H3. The zero-order valence-electron chi connectivity index (χ0n) is 11.0. The lowest BCUT2D eigenvalue weighted by Gasteiger charge is -2.35. The molecule has 0 bridgehead atoms. The molecule has 3 nitrogen and oxygen atoms in total. The highest BCUT2D eigenvalue weighted by Gasteiger charge is 2.32. The molecular formula is C14H20BrNO2. The van der Waals surface area contributed by atoms with E-state index in [4.69, 9.17) is 15.2 Å². The maximum atomic E-state index is 6.58. The van der Waals surface area contributed by atoms with Gasteiger partial charge in [0.25, 0.3) is 0 Å². The lowest BCUT2D eigenvalue weighted by molar-refractivity contribution is 0.288. The van der Waals surface area contributed by atoms with Crippen molar-refractivity contribution in [1.82, 2.24) is 0 Å². The molecule has 0 heterocycles. The quantitative estimate of drug-likeness (QED) is 0.927. The van der Waals surface area contributed by atoms with Gasteiger partial charge in [-0.1, -0.05) is 19.3 Å². The molecule has 18 heavy (non-hydrogen) atoms. The Morgan fingerprint density at radius 3 is 2.22 bits per heavy atom. The zero-order chi connectivity index (χ0) is 13.2. The third-order valence-electron chi connectivity index (χ3n) is 3.76. The SMILES string of the molecule is COc1cc(OC)c(C2(N)CCCCC2)cc1Br. The fourth-order valence-corrected chi connectivity index (χ4v) is 3.21. The van der Waals surface area contributed by atoms with Gasteiger partial charge >= 0.3 is 0 Å². The monoisotopic (exact) mass is 313 g/mol. The molecule has 0 unspecified atom stereocenters. The van der Waals surface area contributed by atoms with Crippen molar-refractivity contribution in [2.75, 3.05) is 14.2 Å². The summed E-state index contributed by atoms with van der Waals surface area (Å²) in [6.07, 6.45) is 5.68. The van der Waals surface area contributed by atoms with Crippen LogP contribution in [0.25, 0.3) is 0 Å². The van der Waals surface area contributed by atoms with Crippen molar-refractivity contribution in [3.63, 3.8) is 0 Å². The first-order valence-electron chi connectivity index (χ1n) is 6.31. The van der Waals surface area contributed by atoms with Gasteiger partial charge in [0.1, 0.15) is 11.5 Å². The van der Waals surface area contributed by atoms with E-state index in [0.717, 1.165) is 34.4 Å². The maximum Gasteiger partial charge on any atom is 0.136 e. The molecule has 1 aliphatic carbocycles. The van der Waals surface area contributed by atoms with Crippen molar-refractivity contribution in [3.8, 4) is 11.5 Å². The second kappa shape index (κ2) is 5.49. The second-order valence-corrected chi connectivity index (χ2v) is 5.76. The van der Waals surface area contributed by atoms with Gasteiger partial charge in [-0.2, -0.15) is 0 Å². The van der Waals surface area contributed by atoms with Gasteiger partial charge in [0.15, 0.2) is 0 Å². The van der Waals surface area contributed by atoms with E-state index in [2.05, 4.69) is 15.9 Å². The third kappa shape index (κ3) is 2.50. The zero-order valence-corrected chi connectivity index (χ0v) is 12.5. The minimum atomic E-state index is -0.265. The molecule has 1 aliphatic rings. The minimum absolute atomic E-state index is 0.265. The van der Waals surface area contributed by atoms with Crippen molar-refractivity contribution in [1.29, 1.82) is 0 Å². The van der Waals surface area contributed by atoms with Gasteiger partial charge in [0.2, 0.25) is 0 Å². The van der Waals surface area contributed by atoms with Gasteiger partial charge in [-0.05, 0) is 34.8 Å². The summed E-state index contributed by atoms with van der Waals surface area (Å²) in [6.45, 7) is 0. The minimum Gasteiger partial charge on any atom is -0.496 e. The molecule has 0 atom stereocenters. The first kappa shape index (κ1) is 13.7. The summed E-state index contributed by atoms with van der Waals surface area (Å²) < 4.78 is 11.7. The molecule has 1 aromatic carbocycles. The molecule has 1 aromatic rings. The first-order chi connectivity index (χ1) is 8.60. The first-order valence-corrected chi connectivity index (χ1v) is 7.11. The Kier molecular flexibility index (Phi) is 4.17. The number of rotatable bonds is 3. The fraction of sp³-hybridized carbons (Fsp3) is 0.571. The lowest BCUT2D eigenvalue weighted by atomic mass is 9.77. The third-order valence-corrected chi connectivity index (χ3v) is 4.38. The van der Waals surface area contributed by atoms with Gasteiger partial charge in [0.05, 0.1) is 18.7 Å². The van der Waals surface area contributed by atoms with Crippen LogP contribution in [0.4, 0.5) is 0 Å². The Balaban J connectivity index is 2.45. The number of hydrogen-bond acceptors (Lipinski definition) is 3. The van der Waals surface area contributed by atoms with E-state index in [1.54, 1.807) is 14.2 Å². The van der Waals surface area contributed by atoms with E-state index >= 15 is 0 Å². The van der Waals surface area contributed by atoms with E-state index in [1.807, 2.05) is 12.1 Å². The summed E-state index contributed by atoms with van der Waals surface area (Å²) in [5, 5.41) is 0. The van der Waals surface area contributed by atoms with Crippen molar-refractivity contribution >= 4 is 15.9 Å². The molecule has 0 saturated heterocycles. The summed E-state index contributed by atoms with van der Waals surface area (Å²) in [7, 11) is 3.33. The Hall–Kier alpha value is -0.740. The molecule has 4 heteroatoms. The number of halogens is 1. The van der Waals surface area contributed by atoms with Gasteiger partial charge in [-0.3, -0.25) is 0 Å². The fourth-order valence-electron chi connectivity index (χ4n) is 2.70. The van der Waals surface area contributed by atoms with Crippen molar-refractivity contribution in [3.05, 3.63) is 22.2 Å². The van der Waals surface area contributed by atoms with Crippen LogP contribution in [0.5, 0.6) is 11.5 Å². The summed E-state index contributed by atoms with van der Waals surface area (Å²) in [5.41, 5.74) is 7.39. The van der Waals surface area contributed by atoms with E-state index in [0.29, 0.717) is 0 Å². The van der Waals surface area contributed by atoms with Crippen LogP contribution in [0.2, 0.25) is 0 Å². The number of hydrogen-bond donors (Lipinski definition) is 1. The van der Waals surface area contributed by atoms with Crippen LogP contribution in [0.1, 0.15) is 37.7 Å². The van der Waals surface area contributed by atoms with Gasteiger partial charge in [0, 0.05) is 17.2 Å². The van der Waals surface area contributed by atoms with Crippen LogP contribution in [0.3, 0.4) is 0 Å². The lowest BCUT2D eigenvalue weighted by Crippen LogP contribution is -2.38. The summed E-state index contributed by atoms with van der Waals surface area (Å²) >= 11 is 3.53. The van der Waals surface area contributed by atoms with Crippen LogP contribution in [0.15, 0.2) is 16.6 Å². The average molecular weight is 314 g/mol. The van der Waals surface area contributed by atoms with Gasteiger partial charge < -0.3 is 15.2 Å². The van der Waals surface area contributed by atoms with Crippen LogP contribution < -0.4 is 15.2 Å². The van der Waals surface area contributed by atoms with Crippen molar-refractivity contribution in [2.24, 2.45) is 5.73 Å². The predicted octanol–water partition coefficient (Wildman–Crippen LogP) is 3.58. The van der Waals surface area contributed by atoms with Crippen molar-refractivity contribution in [2.45, 2.75) is 37.6 Å². The predicted molar refractivity (Wildman–Crippen MR) is 76.2 cm³/mol. The molecule has 2 N–H and O–H groups in total. The van der Waals surface area contributed by atoms with Crippen LogP contribution in [-0.4, -0.2) is 14.2 Å². The molecule has 2 rings (SSSR count). The number of methoxy groups -OCH3 is 2. The van der Waals surface area contributed by atoms with E-state index in [1.165, 1.54) is 19.3 Å². The molecule has 0 radical (unpaired) electrons. The van der Waals surface area contributed by atoms with Crippen LogP contribution in [-0.2, 0) is 5.54 Å². The second-order valence-electron chi connectivity index (χ2n) is 4.90. The Morgan fingerprint density at radius 2 is 1.67 bits per heavy atom. The highest BCUT2D eigenvalue weighted by Crippen LogP contribution is 2.43. The highest BCUT2D eigenvalue weighted by molar-refractivity contribution is 9.10. The van der Waals surface area contributed by atoms with E-state index < -0.39 is 0 Å². The Bertz CT molecular complexity index is 428. The maximum absolute atomic E-state index is 6.58. The Labute approximate surface area is 117 Å². The van der Waals surface area contributed by atoms with Crippen LogP contribution >= 0.6 is 15.9 Å². The molecule has 0 aromatic heterocycles. The number of benzene rings is 1. The molecule has 1 saturated carbocycles. The van der Waals surface area contributed by atoms with Crippen molar-refractivity contribution < 1.29 is 9.47 Å². The van der Waals surface area contributed by atoms with E-state index in [-0.39, 0.29) is 5.54 Å². The largest absolute Gasteiger partial charge is 0.496 e. The van der Waals surface area contributed by atoms with Gasteiger partial charge in [-0.25, -0.2) is 0 Å². The molecule has 0 amide bonds. The summed E-state index contributed by atoms with van der Waals surface area (Å²) in [5.74, 6) is 1.59. The molecule has 1 fully saturated rings.